The molecule has 0 atom stereocenters. The molecule has 0 aromatic carbocycles. The van der Waals surface area contributed by atoms with E-state index in [0.717, 1.165) is 11.5 Å². The van der Waals surface area contributed by atoms with Gasteiger partial charge in [0.2, 0.25) is 0 Å². The quantitative estimate of drug-likeness (QED) is 0.859. The highest BCUT2D eigenvalue weighted by molar-refractivity contribution is 6.32. The fourth-order valence-corrected chi connectivity index (χ4v) is 1.43. The Bertz CT molecular complexity index is 547. The van der Waals surface area contributed by atoms with Crippen LogP contribution < -0.4 is 10.9 Å². The zero-order valence-electron chi connectivity index (χ0n) is 8.58. The molecule has 6 heteroatoms. The number of rotatable bonds is 3. The summed E-state index contributed by atoms with van der Waals surface area (Å²) in [4.78, 5) is 17.5. The van der Waals surface area contributed by atoms with E-state index in [2.05, 4.69) is 15.3 Å². The van der Waals surface area contributed by atoms with Crippen molar-refractivity contribution >= 4 is 17.4 Å². The number of halogens is 1. The zero-order chi connectivity index (χ0) is 11.5. The fourth-order valence-electron chi connectivity index (χ4n) is 1.26. The van der Waals surface area contributed by atoms with Gasteiger partial charge in [0.25, 0.3) is 5.56 Å². The molecule has 0 saturated carbocycles. The van der Waals surface area contributed by atoms with E-state index in [-0.39, 0.29) is 10.6 Å². The molecule has 0 radical (unpaired) electrons. The zero-order valence-corrected chi connectivity index (χ0v) is 9.34. The lowest BCUT2D eigenvalue weighted by Gasteiger charge is -2.03. The van der Waals surface area contributed by atoms with Crippen molar-refractivity contribution < 1.29 is 4.42 Å². The van der Waals surface area contributed by atoms with Gasteiger partial charge in [0.1, 0.15) is 16.5 Å². The summed E-state index contributed by atoms with van der Waals surface area (Å²) >= 11 is 5.77. The van der Waals surface area contributed by atoms with Crippen LogP contribution in [0, 0.1) is 6.92 Å². The van der Waals surface area contributed by atoms with Crippen LogP contribution in [0.2, 0.25) is 5.02 Å². The van der Waals surface area contributed by atoms with Crippen LogP contribution in [-0.4, -0.2) is 9.97 Å². The van der Waals surface area contributed by atoms with Crippen molar-refractivity contribution in [1.82, 2.24) is 9.97 Å². The van der Waals surface area contributed by atoms with Crippen molar-refractivity contribution in [3.63, 3.8) is 0 Å². The molecule has 0 aliphatic carbocycles. The van der Waals surface area contributed by atoms with E-state index in [9.17, 15) is 4.79 Å². The number of hydrogen-bond acceptors (Lipinski definition) is 4. The molecule has 0 spiro atoms. The van der Waals surface area contributed by atoms with Gasteiger partial charge in [-0.3, -0.25) is 4.79 Å². The number of aryl methyl sites for hydroxylation is 1. The van der Waals surface area contributed by atoms with E-state index in [1.165, 1.54) is 6.33 Å². The highest BCUT2D eigenvalue weighted by Gasteiger charge is 2.06. The fraction of sp³-hybridized carbons (Fsp3) is 0.200. The molecule has 2 aromatic heterocycles. The van der Waals surface area contributed by atoms with Crippen molar-refractivity contribution in [3.8, 4) is 0 Å². The molecule has 2 N–H and O–H groups in total. The van der Waals surface area contributed by atoms with E-state index < -0.39 is 0 Å². The lowest BCUT2D eigenvalue weighted by molar-refractivity contribution is 0.490. The Kier molecular flexibility index (Phi) is 2.96. The van der Waals surface area contributed by atoms with Gasteiger partial charge in [-0.15, -0.1) is 0 Å². The first-order chi connectivity index (χ1) is 7.66. The highest BCUT2D eigenvalue weighted by Crippen LogP contribution is 2.14. The number of furan rings is 1. The molecule has 16 heavy (non-hydrogen) atoms. The normalized spacial score (nSPS) is 10.4. The number of hydrogen-bond donors (Lipinski definition) is 2. The van der Waals surface area contributed by atoms with Crippen LogP contribution >= 0.6 is 11.6 Å². The van der Waals surface area contributed by atoms with Crippen molar-refractivity contribution in [2.24, 2.45) is 0 Å². The number of aromatic nitrogens is 2. The summed E-state index contributed by atoms with van der Waals surface area (Å²) in [7, 11) is 0. The number of nitrogens with one attached hydrogen (secondary N) is 2. The second kappa shape index (κ2) is 4.40. The van der Waals surface area contributed by atoms with Gasteiger partial charge in [0.15, 0.2) is 5.82 Å². The summed E-state index contributed by atoms with van der Waals surface area (Å²) in [6, 6.07) is 3.72. The summed E-state index contributed by atoms with van der Waals surface area (Å²) in [5.74, 6) is 1.94. The average Bonchev–Trinajstić information content (AvgIpc) is 2.67. The van der Waals surface area contributed by atoms with Crippen molar-refractivity contribution in [1.29, 1.82) is 0 Å². The summed E-state index contributed by atoms with van der Waals surface area (Å²) in [5.41, 5.74) is -0.366. The van der Waals surface area contributed by atoms with Gasteiger partial charge in [0, 0.05) is 0 Å². The molecule has 2 heterocycles. The van der Waals surface area contributed by atoms with Crippen LogP contribution in [0.25, 0.3) is 0 Å². The SMILES string of the molecule is Cc1ccc(CNc2nc[nH]c(=O)c2Cl)o1. The molecule has 0 bridgehead atoms. The third kappa shape index (κ3) is 2.25. The minimum absolute atomic E-state index is 0.0470. The molecule has 2 rings (SSSR count). The van der Waals surface area contributed by atoms with Crippen LogP contribution in [-0.2, 0) is 6.54 Å². The van der Waals surface area contributed by atoms with Crippen molar-refractivity contribution in [2.75, 3.05) is 5.32 Å². The Balaban J connectivity index is 2.10. The number of H-pyrrole nitrogens is 1. The van der Waals surface area contributed by atoms with E-state index in [0.29, 0.717) is 12.4 Å². The molecule has 0 aliphatic heterocycles. The molecular formula is C10H10ClN3O2. The highest BCUT2D eigenvalue weighted by atomic mass is 35.5. The first kappa shape index (κ1) is 10.8. The van der Waals surface area contributed by atoms with E-state index >= 15 is 0 Å². The summed E-state index contributed by atoms with van der Waals surface area (Å²) < 4.78 is 5.36. The minimum atomic E-state index is -0.366. The molecule has 0 aliphatic rings. The van der Waals surface area contributed by atoms with Crippen LogP contribution in [0.5, 0.6) is 0 Å². The Labute approximate surface area is 96.5 Å². The molecule has 84 valence electrons. The van der Waals surface area contributed by atoms with Gasteiger partial charge in [-0.05, 0) is 19.1 Å². The Morgan fingerprint density at radius 3 is 3.06 bits per heavy atom. The minimum Gasteiger partial charge on any atom is -0.465 e. The molecular weight excluding hydrogens is 230 g/mol. The Hall–Kier alpha value is -1.75. The number of anilines is 1. The smallest absolute Gasteiger partial charge is 0.271 e. The molecule has 0 saturated heterocycles. The van der Waals surface area contributed by atoms with Gasteiger partial charge < -0.3 is 14.7 Å². The molecule has 0 amide bonds. The maximum Gasteiger partial charge on any atom is 0.271 e. The molecule has 0 unspecified atom stereocenters. The van der Waals surface area contributed by atoms with Crippen molar-refractivity contribution in [2.45, 2.75) is 13.5 Å². The van der Waals surface area contributed by atoms with Crippen LogP contribution in [0.4, 0.5) is 5.82 Å². The third-order valence-electron chi connectivity index (χ3n) is 2.02. The molecule has 5 nitrogen and oxygen atoms in total. The monoisotopic (exact) mass is 239 g/mol. The predicted molar refractivity (Wildman–Crippen MR) is 60.6 cm³/mol. The Morgan fingerprint density at radius 1 is 1.56 bits per heavy atom. The van der Waals surface area contributed by atoms with Gasteiger partial charge in [-0.25, -0.2) is 4.98 Å². The summed E-state index contributed by atoms with van der Waals surface area (Å²) in [6.45, 7) is 2.30. The van der Waals surface area contributed by atoms with Crippen LogP contribution in [0.15, 0.2) is 27.7 Å². The Morgan fingerprint density at radius 2 is 2.38 bits per heavy atom. The van der Waals surface area contributed by atoms with Crippen LogP contribution in [0.3, 0.4) is 0 Å². The van der Waals surface area contributed by atoms with Crippen molar-refractivity contribution in [3.05, 3.63) is 45.4 Å². The summed E-state index contributed by atoms with van der Waals surface area (Å²) in [6.07, 6.45) is 1.30. The lowest BCUT2D eigenvalue weighted by Crippen LogP contribution is -2.11. The first-order valence-electron chi connectivity index (χ1n) is 4.69. The number of aromatic amines is 1. The first-order valence-corrected chi connectivity index (χ1v) is 5.07. The second-order valence-electron chi connectivity index (χ2n) is 3.26. The number of nitrogens with zero attached hydrogens (tertiary/aromatic N) is 1. The molecule has 0 fully saturated rings. The third-order valence-corrected chi connectivity index (χ3v) is 2.37. The topological polar surface area (TPSA) is 70.9 Å². The van der Waals surface area contributed by atoms with Gasteiger partial charge in [-0.1, -0.05) is 11.6 Å². The van der Waals surface area contributed by atoms with E-state index in [1.807, 2.05) is 19.1 Å². The maximum atomic E-state index is 11.2. The standard InChI is InChI=1S/C10H10ClN3O2/c1-6-2-3-7(16-6)4-12-9-8(11)10(15)14-5-13-9/h2-3,5H,4H2,1H3,(H2,12,13,14,15). The van der Waals surface area contributed by atoms with Gasteiger partial charge >= 0.3 is 0 Å². The van der Waals surface area contributed by atoms with Gasteiger partial charge in [-0.2, -0.15) is 0 Å². The van der Waals surface area contributed by atoms with Crippen LogP contribution in [0.1, 0.15) is 11.5 Å². The van der Waals surface area contributed by atoms with Gasteiger partial charge in [0.05, 0.1) is 12.9 Å². The van der Waals surface area contributed by atoms with E-state index in [4.69, 9.17) is 16.0 Å². The lowest BCUT2D eigenvalue weighted by atomic mass is 10.4. The maximum absolute atomic E-state index is 11.2. The van der Waals surface area contributed by atoms with E-state index in [1.54, 1.807) is 0 Å². The largest absolute Gasteiger partial charge is 0.465 e. The predicted octanol–water partition coefficient (Wildman–Crippen LogP) is 1.94. The summed E-state index contributed by atoms with van der Waals surface area (Å²) in [5, 5.41) is 2.97. The average molecular weight is 240 g/mol. The second-order valence-corrected chi connectivity index (χ2v) is 3.64. The molecule has 2 aromatic rings.